The first-order valence-corrected chi connectivity index (χ1v) is 15.9. The van der Waals surface area contributed by atoms with Crippen LogP contribution in [0.25, 0.3) is 11.1 Å². The molecule has 2 N–H and O–H groups in total. The lowest BCUT2D eigenvalue weighted by Gasteiger charge is -2.39. The molecule has 0 spiro atoms. The fraction of sp³-hybridized carbons (Fsp3) is 0.406. The zero-order valence-corrected chi connectivity index (χ0v) is 23.9. The van der Waals surface area contributed by atoms with Gasteiger partial charge in [0.05, 0.1) is 10.9 Å². The molecule has 2 heterocycles. The van der Waals surface area contributed by atoms with Gasteiger partial charge in [0.1, 0.15) is 0 Å². The number of hydrogen-bond acceptors (Lipinski definition) is 5. The van der Waals surface area contributed by atoms with Gasteiger partial charge in [-0.2, -0.15) is 0 Å². The summed E-state index contributed by atoms with van der Waals surface area (Å²) in [6.07, 6.45) is 9.82. The van der Waals surface area contributed by atoms with E-state index in [1.54, 1.807) is 30.5 Å². The minimum atomic E-state index is -3.69. The summed E-state index contributed by atoms with van der Waals surface area (Å²) in [6.45, 7) is 0.760. The van der Waals surface area contributed by atoms with Gasteiger partial charge in [0.2, 0.25) is 15.9 Å². The predicted molar refractivity (Wildman–Crippen MR) is 156 cm³/mol. The van der Waals surface area contributed by atoms with Crippen LogP contribution in [-0.2, 0) is 26.0 Å². The lowest BCUT2D eigenvalue weighted by Crippen LogP contribution is -2.45. The summed E-state index contributed by atoms with van der Waals surface area (Å²) < 4.78 is 29.2. The minimum Gasteiger partial charge on any atom is -0.481 e. The maximum Gasteiger partial charge on any atom is 0.303 e. The highest BCUT2D eigenvalue weighted by atomic mass is 32.2. The third kappa shape index (κ3) is 7.21. The number of carbonyl (C=O) groups excluding carboxylic acids is 1. The molecule has 9 heteroatoms. The first kappa shape index (κ1) is 29.0. The third-order valence-electron chi connectivity index (χ3n) is 8.33. The average molecular weight is 576 g/mol. The van der Waals surface area contributed by atoms with E-state index in [0.717, 1.165) is 48.1 Å². The maximum atomic E-state index is 13.5. The van der Waals surface area contributed by atoms with Crippen molar-refractivity contribution in [3.8, 4) is 11.1 Å². The van der Waals surface area contributed by atoms with Crippen molar-refractivity contribution >= 4 is 21.9 Å². The fourth-order valence-corrected chi connectivity index (χ4v) is 7.34. The molecule has 1 saturated heterocycles. The van der Waals surface area contributed by atoms with Crippen molar-refractivity contribution in [1.82, 2.24) is 14.6 Å². The number of pyridine rings is 1. The van der Waals surface area contributed by atoms with E-state index in [9.17, 15) is 18.0 Å². The van der Waals surface area contributed by atoms with Crippen LogP contribution in [0, 0.1) is 5.92 Å². The fourth-order valence-electron chi connectivity index (χ4n) is 6.04. The average Bonchev–Trinajstić information content (AvgIpc) is 3.00. The van der Waals surface area contributed by atoms with Gasteiger partial charge in [0, 0.05) is 37.3 Å². The number of carboxylic acids is 1. The van der Waals surface area contributed by atoms with Crippen LogP contribution < -0.4 is 4.72 Å². The number of nitrogens with zero attached hydrogens (tertiary/aromatic N) is 2. The maximum absolute atomic E-state index is 13.5. The highest BCUT2D eigenvalue weighted by Gasteiger charge is 2.35. The number of carbonyl (C=O) groups is 2. The molecule has 0 radical (unpaired) electrons. The Bertz CT molecular complexity index is 1430. The molecule has 5 rings (SSSR count). The molecule has 1 aliphatic carbocycles. The van der Waals surface area contributed by atoms with Gasteiger partial charge in [-0.3, -0.25) is 14.6 Å². The number of sulfonamides is 1. The van der Waals surface area contributed by atoms with Gasteiger partial charge in [-0.05, 0) is 91.8 Å². The van der Waals surface area contributed by atoms with E-state index in [1.165, 1.54) is 0 Å². The summed E-state index contributed by atoms with van der Waals surface area (Å²) in [7, 11) is -3.69. The number of aryl methyl sites for hydroxylation is 1. The summed E-state index contributed by atoms with van der Waals surface area (Å²) >= 11 is 0. The summed E-state index contributed by atoms with van der Waals surface area (Å²) in [5.41, 5.74) is 3.85. The second kappa shape index (κ2) is 13.0. The van der Waals surface area contributed by atoms with Crippen molar-refractivity contribution in [2.24, 2.45) is 5.92 Å². The largest absolute Gasteiger partial charge is 0.481 e. The molecule has 1 unspecified atom stereocenters. The van der Waals surface area contributed by atoms with Crippen molar-refractivity contribution < 1.29 is 23.1 Å². The highest BCUT2D eigenvalue weighted by Crippen LogP contribution is 2.35. The Kier molecular flexibility index (Phi) is 9.15. The number of aliphatic carboxylic acids is 1. The van der Waals surface area contributed by atoms with Crippen molar-refractivity contribution in [2.75, 3.05) is 6.54 Å². The van der Waals surface area contributed by atoms with E-state index in [4.69, 9.17) is 5.11 Å². The Balaban J connectivity index is 1.16. The first-order valence-electron chi connectivity index (χ1n) is 14.4. The molecule has 2 fully saturated rings. The summed E-state index contributed by atoms with van der Waals surface area (Å²) in [5, 5.41) is 8.86. The van der Waals surface area contributed by atoms with E-state index >= 15 is 0 Å². The standard InChI is InChI=1S/C32H37N3O5S/c36-31(37)19-8-23-6-9-24(10-7-23)25-13-17-29(18-14-25)41(39,40)34-28-15-11-26(12-16-28)32(38)35-21-2-1-5-30(35)27-4-3-20-33-22-27/h3-4,6-7,9-10,13-14,17-18,20,22,26,28,30,34H,1-2,5,8,11-12,15-16,19,21H2,(H,36,37)/t26-,28-,30?. The number of nitrogens with one attached hydrogen (secondary N) is 1. The molecule has 1 aliphatic heterocycles. The number of hydrogen-bond donors (Lipinski definition) is 2. The number of likely N-dealkylation sites (tertiary alicyclic amines) is 1. The highest BCUT2D eigenvalue weighted by molar-refractivity contribution is 7.89. The second-order valence-electron chi connectivity index (χ2n) is 11.1. The van der Waals surface area contributed by atoms with Crippen LogP contribution in [0.1, 0.15) is 68.5 Å². The first-order chi connectivity index (χ1) is 19.8. The zero-order chi connectivity index (χ0) is 28.8. The summed E-state index contributed by atoms with van der Waals surface area (Å²) in [5.74, 6) is -0.721. The number of aromatic nitrogens is 1. The van der Waals surface area contributed by atoms with Gasteiger partial charge in [-0.1, -0.05) is 42.5 Å². The van der Waals surface area contributed by atoms with Crippen LogP contribution >= 0.6 is 0 Å². The monoisotopic (exact) mass is 575 g/mol. The van der Waals surface area contributed by atoms with Crippen LogP contribution in [0.5, 0.6) is 0 Å². The topological polar surface area (TPSA) is 117 Å². The molecule has 41 heavy (non-hydrogen) atoms. The number of carboxylic acid groups (broad SMARTS) is 1. The van der Waals surface area contributed by atoms with Gasteiger partial charge in [0.25, 0.3) is 0 Å². The Hall–Kier alpha value is -3.56. The zero-order valence-electron chi connectivity index (χ0n) is 23.1. The minimum absolute atomic E-state index is 0.0685. The van der Waals surface area contributed by atoms with Crippen molar-refractivity contribution in [1.29, 1.82) is 0 Å². The van der Waals surface area contributed by atoms with Crippen LogP contribution in [0.3, 0.4) is 0 Å². The van der Waals surface area contributed by atoms with Crippen LogP contribution in [0.2, 0.25) is 0 Å². The Morgan fingerprint density at radius 3 is 2.22 bits per heavy atom. The van der Waals surface area contributed by atoms with E-state index in [-0.39, 0.29) is 35.2 Å². The van der Waals surface area contributed by atoms with E-state index in [1.807, 2.05) is 47.5 Å². The van der Waals surface area contributed by atoms with Gasteiger partial charge >= 0.3 is 5.97 Å². The van der Waals surface area contributed by atoms with Crippen molar-refractivity contribution in [3.63, 3.8) is 0 Å². The molecule has 3 aromatic rings. The van der Waals surface area contributed by atoms with E-state index < -0.39 is 16.0 Å². The molecule has 0 bridgehead atoms. The molecule has 1 amide bonds. The molecule has 1 aromatic heterocycles. The number of rotatable bonds is 9. The predicted octanol–water partition coefficient (Wildman–Crippen LogP) is 5.36. The Labute approximate surface area is 241 Å². The molecule has 2 aromatic carbocycles. The van der Waals surface area contributed by atoms with Crippen molar-refractivity contribution in [3.05, 3.63) is 84.2 Å². The van der Waals surface area contributed by atoms with Crippen LogP contribution in [-0.4, -0.2) is 47.9 Å². The number of piperidine rings is 1. The number of amides is 1. The van der Waals surface area contributed by atoms with E-state index in [2.05, 4.69) is 9.71 Å². The SMILES string of the molecule is O=C(O)CCc1ccc(-c2ccc(S(=O)(=O)N[C@H]3CC[C@H](C(=O)N4CCCCC4c4cccnc4)CC3)cc2)cc1. The van der Waals surface area contributed by atoms with Crippen LogP contribution in [0.15, 0.2) is 78.0 Å². The van der Waals surface area contributed by atoms with Gasteiger partial charge in [0.15, 0.2) is 0 Å². The molecular weight excluding hydrogens is 538 g/mol. The smallest absolute Gasteiger partial charge is 0.303 e. The van der Waals surface area contributed by atoms with Crippen LogP contribution in [0.4, 0.5) is 0 Å². The quantitative estimate of drug-likeness (QED) is 0.355. The Morgan fingerprint density at radius 1 is 0.902 bits per heavy atom. The number of benzene rings is 2. The van der Waals surface area contributed by atoms with Crippen molar-refractivity contribution in [2.45, 2.75) is 74.8 Å². The lowest BCUT2D eigenvalue weighted by atomic mass is 9.84. The molecule has 2 aliphatic rings. The second-order valence-corrected chi connectivity index (χ2v) is 12.8. The molecule has 216 valence electrons. The van der Waals surface area contributed by atoms with Gasteiger partial charge in [-0.25, -0.2) is 13.1 Å². The summed E-state index contributed by atoms with van der Waals surface area (Å²) in [6, 6.07) is 18.3. The normalized spacial score (nSPS) is 21.4. The van der Waals surface area contributed by atoms with E-state index in [0.29, 0.717) is 32.1 Å². The molecule has 1 atom stereocenters. The lowest BCUT2D eigenvalue weighted by molar-refractivity contribution is -0.140. The third-order valence-corrected chi connectivity index (χ3v) is 9.87. The molecule has 1 saturated carbocycles. The Morgan fingerprint density at radius 2 is 1.59 bits per heavy atom. The molecule has 8 nitrogen and oxygen atoms in total. The van der Waals surface area contributed by atoms with Gasteiger partial charge in [-0.15, -0.1) is 0 Å². The molecular formula is C32H37N3O5S. The summed E-state index contributed by atoms with van der Waals surface area (Å²) in [4.78, 5) is 30.8. The van der Waals surface area contributed by atoms with Gasteiger partial charge < -0.3 is 10.0 Å².